The summed E-state index contributed by atoms with van der Waals surface area (Å²) in [4.78, 5) is 2.39. The average molecular weight is 455 g/mol. The number of aryl methyl sites for hydroxylation is 1. The molecule has 0 amide bonds. The molecule has 4 rings (SSSR count). The van der Waals surface area contributed by atoms with Gasteiger partial charge in [-0.05, 0) is 81.4 Å². The minimum atomic E-state index is 0.510. The van der Waals surface area contributed by atoms with Gasteiger partial charge in [0.25, 0.3) is 0 Å². The number of rotatable bonds is 6. The highest BCUT2D eigenvalue weighted by molar-refractivity contribution is 6.30. The van der Waals surface area contributed by atoms with Crippen LogP contribution in [-0.4, -0.2) is 48.1 Å². The van der Waals surface area contributed by atoms with E-state index in [-0.39, 0.29) is 0 Å². The van der Waals surface area contributed by atoms with Gasteiger partial charge in [0.05, 0.1) is 17.8 Å². The Hall–Kier alpha value is -2.32. The van der Waals surface area contributed by atoms with Crippen molar-refractivity contribution in [3.8, 4) is 11.8 Å². The minimum Gasteiger partial charge on any atom is -0.382 e. The predicted octanol–water partition coefficient (Wildman–Crippen LogP) is 5.50. The van der Waals surface area contributed by atoms with Gasteiger partial charge in [-0.3, -0.25) is 0 Å². The number of anilines is 2. The number of hydrogen-bond donors (Lipinski definition) is 2. The number of aromatic nitrogens is 1. The Labute approximate surface area is 194 Å². The first-order chi connectivity index (χ1) is 15.1. The molecule has 0 atom stereocenters. The zero-order valence-corrected chi connectivity index (χ0v) is 19.3. The van der Waals surface area contributed by atoms with Crippen molar-refractivity contribution in [2.24, 2.45) is 0 Å². The summed E-state index contributed by atoms with van der Waals surface area (Å²) >= 11 is 12.1. The van der Waals surface area contributed by atoms with E-state index in [1.165, 1.54) is 16.6 Å². The molecule has 31 heavy (non-hydrogen) atoms. The number of nitrogens with one attached hydrogen (secondary N) is 2. The highest BCUT2D eigenvalue weighted by Crippen LogP contribution is 2.29. The number of nitrogens with zero attached hydrogens (tertiary/aromatic N) is 2. The first-order valence-corrected chi connectivity index (χ1v) is 11.7. The monoisotopic (exact) mass is 454 g/mol. The first kappa shape index (κ1) is 21.9. The van der Waals surface area contributed by atoms with Crippen LogP contribution in [0.2, 0.25) is 5.02 Å². The van der Waals surface area contributed by atoms with Crippen molar-refractivity contribution in [2.75, 3.05) is 43.2 Å². The molecule has 2 N–H and O–H groups in total. The molecular formula is C25H28Cl2N4. The van der Waals surface area contributed by atoms with E-state index in [4.69, 9.17) is 23.2 Å². The SMILES string of the molecule is CN1CCC(Nc2cccc3c2cc(C#CCNc2ccc(Cl)cc2)n3CCCl)CC1. The maximum Gasteiger partial charge on any atom is 0.0932 e. The van der Waals surface area contributed by atoms with Gasteiger partial charge >= 0.3 is 0 Å². The molecule has 0 saturated carbocycles. The Balaban J connectivity index is 1.54. The summed E-state index contributed by atoms with van der Waals surface area (Å²) in [5, 5.41) is 9.03. The molecule has 0 radical (unpaired) electrons. The van der Waals surface area contributed by atoms with Gasteiger partial charge in [0.1, 0.15) is 0 Å². The summed E-state index contributed by atoms with van der Waals surface area (Å²) in [6, 6.07) is 16.8. The van der Waals surface area contributed by atoms with E-state index in [9.17, 15) is 0 Å². The summed E-state index contributed by atoms with van der Waals surface area (Å²) in [7, 11) is 2.19. The maximum atomic E-state index is 6.12. The van der Waals surface area contributed by atoms with Crippen molar-refractivity contribution in [3.05, 3.63) is 59.2 Å². The molecule has 1 saturated heterocycles. The van der Waals surface area contributed by atoms with Gasteiger partial charge in [0.15, 0.2) is 0 Å². The van der Waals surface area contributed by atoms with Crippen LogP contribution in [0.15, 0.2) is 48.5 Å². The fourth-order valence-electron chi connectivity index (χ4n) is 4.06. The third kappa shape index (κ3) is 5.49. The van der Waals surface area contributed by atoms with Crippen LogP contribution in [-0.2, 0) is 6.54 Å². The van der Waals surface area contributed by atoms with E-state index in [0.29, 0.717) is 18.5 Å². The highest BCUT2D eigenvalue weighted by atomic mass is 35.5. The Morgan fingerprint density at radius 3 is 2.61 bits per heavy atom. The Morgan fingerprint density at radius 1 is 1.10 bits per heavy atom. The van der Waals surface area contributed by atoms with Crippen molar-refractivity contribution in [2.45, 2.75) is 25.4 Å². The second-order valence-corrected chi connectivity index (χ2v) is 8.81. The topological polar surface area (TPSA) is 32.2 Å². The molecule has 0 spiro atoms. The third-order valence-electron chi connectivity index (χ3n) is 5.77. The van der Waals surface area contributed by atoms with Crippen molar-refractivity contribution in [3.63, 3.8) is 0 Å². The van der Waals surface area contributed by atoms with Gasteiger partial charge in [0.2, 0.25) is 0 Å². The summed E-state index contributed by atoms with van der Waals surface area (Å²) in [6.45, 7) is 3.57. The van der Waals surface area contributed by atoms with E-state index in [1.54, 1.807) is 0 Å². The quantitative estimate of drug-likeness (QED) is 0.380. The molecule has 0 unspecified atom stereocenters. The van der Waals surface area contributed by atoms with E-state index in [1.807, 2.05) is 24.3 Å². The maximum absolute atomic E-state index is 6.12. The minimum absolute atomic E-state index is 0.510. The van der Waals surface area contributed by atoms with Crippen LogP contribution in [0.3, 0.4) is 0 Å². The lowest BCUT2D eigenvalue weighted by atomic mass is 10.0. The van der Waals surface area contributed by atoms with Gasteiger partial charge in [-0.15, -0.1) is 11.6 Å². The van der Waals surface area contributed by atoms with Gasteiger partial charge in [-0.1, -0.05) is 23.6 Å². The van der Waals surface area contributed by atoms with Crippen LogP contribution in [0.4, 0.5) is 11.4 Å². The zero-order chi connectivity index (χ0) is 21.6. The molecule has 1 aromatic heterocycles. The van der Waals surface area contributed by atoms with Crippen LogP contribution in [0.25, 0.3) is 10.9 Å². The van der Waals surface area contributed by atoms with Gasteiger partial charge < -0.3 is 20.1 Å². The summed E-state index contributed by atoms with van der Waals surface area (Å²) in [5.41, 5.74) is 4.35. The summed E-state index contributed by atoms with van der Waals surface area (Å²) in [6.07, 6.45) is 2.33. The van der Waals surface area contributed by atoms with Gasteiger partial charge in [0, 0.05) is 40.3 Å². The Morgan fingerprint density at radius 2 is 1.87 bits per heavy atom. The van der Waals surface area contributed by atoms with E-state index < -0.39 is 0 Å². The fourth-order valence-corrected chi connectivity index (χ4v) is 4.36. The number of fused-ring (bicyclic) bond motifs is 1. The van der Waals surface area contributed by atoms with Crippen LogP contribution in [0, 0.1) is 11.8 Å². The lowest BCUT2D eigenvalue weighted by molar-refractivity contribution is 0.264. The Kier molecular flexibility index (Phi) is 7.29. The number of halogens is 2. The molecular weight excluding hydrogens is 427 g/mol. The number of hydrogen-bond acceptors (Lipinski definition) is 3. The second kappa shape index (κ2) is 10.3. The van der Waals surface area contributed by atoms with Crippen molar-refractivity contribution < 1.29 is 0 Å². The number of alkyl halides is 1. The van der Waals surface area contributed by atoms with Crippen LogP contribution < -0.4 is 10.6 Å². The van der Waals surface area contributed by atoms with Crippen LogP contribution in [0.1, 0.15) is 18.5 Å². The molecule has 0 bridgehead atoms. The molecule has 4 nitrogen and oxygen atoms in total. The fraction of sp³-hybridized carbons (Fsp3) is 0.360. The largest absolute Gasteiger partial charge is 0.382 e. The van der Waals surface area contributed by atoms with E-state index >= 15 is 0 Å². The molecule has 1 aliphatic heterocycles. The normalized spacial score (nSPS) is 14.9. The summed E-state index contributed by atoms with van der Waals surface area (Å²) < 4.78 is 2.22. The number of likely N-dealkylation sites (tertiary alicyclic amines) is 1. The molecule has 3 aromatic rings. The average Bonchev–Trinajstić information content (AvgIpc) is 3.13. The first-order valence-electron chi connectivity index (χ1n) is 10.8. The zero-order valence-electron chi connectivity index (χ0n) is 17.8. The van der Waals surface area contributed by atoms with Crippen LogP contribution in [0.5, 0.6) is 0 Å². The van der Waals surface area contributed by atoms with Crippen LogP contribution >= 0.6 is 23.2 Å². The van der Waals surface area contributed by atoms with Gasteiger partial charge in [-0.25, -0.2) is 0 Å². The highest BCUT2D eigenvalue weighted by Gasteiger charge is 2.18. The van der Waals surface area contributed by atoms with Crippen molar-refractivity contribution in [1.29, 1.82) is 0 Å². The lowest BCUT2D eigenvalue weighted by Crippen LogP contribution is -2.36. The molecule has 6 heteroatoms. The Bertz CT molecular complexity index is 1070. The molecule has 2 aromatic carbocycles. The molecule has 0 aliphatic carbocycles. The van der Waals surface area contributed by atoms with Gasteiger partial charge in [-0.2, -0.15) is 0 Å². The standard InChI is InChI=1S/C25H28Cl2N4/c1-30-15-11-21(12-16-30)29-24-5-2-6-25-23(24)18-22(31(25)17-13-26)4-3-14-28-20-9-7-19(27)8-10-20/h2,5-10,18,21,28-29H,11-17H2,1H3. The van der Waals surface area contributed by atoms with Crippen molar-refractivity contribution in [1.82, 2.24) is 9.47 Å². The summed E-state index contributed by atoms with van der Waals surface area (Å²) in [5.74, 6) is 7.13. The van der Waals surface area contributed by atoms with Crippen molar-refractivity contribution >= 4 is 45.5 Å². The van der Waals surface area contributed by atoms with E-state index in [2.05, 4.69) is 63.3 Å². The smallest absolute Gasteiger partial charge is 0.0932 e. The number of benzene rings is 2. The molecule has 2 heterocycles. The third-order valence-corrected chi connectivity index (χ3v) is 6.19. The predicted molar refractivity (Wildman–Crippen MR) is 134 cm³/mol. The van der Waals surface area contributed by atoms with E-state index in [0.717, 1.165) is 48.9 Å². The molecule has 1 fully saturated rings. The second-order valence-electron chi connectivity index (χ2n) is 7.99. The lowest BCUT2D eigenvalue weighted by Gasteiger charge is -2.30. The molecule has 162 valence electrons. The number of piperidine rings is 1. The molecule has 1 aliphatic rings.